The Kier molecular flexibility index (Phi) is 5.88. The molecule has 0 radical (unpaired) electrons. The average Bonchev–Trinajstić information content (AvgIpc) is 2.59. The summed E-state index contributed by atoms with van der Waals surface area (Å²) >= 11 is 0. The largest absolute Gasteiger partial charge is 0.396 e. The molecule has 0 aliphatic carbocycles. The molecule has 1 aliphatic heterocycles. The summed E-state index contributed by atoms with van der Waals surface area (Å²) in [6.45, 7) is 2.92. The molecule has 2 rings (SSSR count). The lowest BCUT2D eigenvalue weighted by atomic mass is 9.77. The van der Waals surface area contributed by atoms with Crippen molar-refractivity contribution in [2.45, 2.75) is 26.2 Å². The van der Waals surface area contributed by atoms with E-state index in [4.69, 9.17) is 0 Å². The standard InChI is InChI=1S/C17H22F2N2O3/c1-2-17(11-22)5-7-21(8-6-17)15(23)10-20-16(24)13-4-3-12(18)9-14(13)19/h3-4,9,22H,2,5-8,10-11H2,1H3,(H,20,24). The highest BCUT2D eigenvalue weighted by molar-refractivity contribution is 5.96. The zero-order chi connectivity index (χ0) is 17.7. The van der Waals surface area contributed by atoms with Crippen molar-refractivity contribution >= 4 is 11.8 Å². The van der Waals surface area contributed by atoms with Crippen molar-refractivity contribution in [3.63, 3.8) is 0 Å². The van der Waals surface area contributed by atoms with Crippen LogP contribution >= 0.6 is 0 Å². The van der Waals surface area contributed by atoms with E-state index in [1.54, 1.807) is 4.90 Å². The van der Waals surface area contributed by atoms with Crippen molar-refractivity contribution in [1.82, 2.24) is 10.2 Å². The summed E-state index contributed by atoms with van der Waals surface area (Å²) in [5.74, 6) is -2.74. The van der Waals surface area contributed by atoms with Crippen molar-refractivity contribution in [1.29, 1.82) is 0 Å². The molecule has 1 heterocycles. The van der Waals surface area contributed by atoms with Gasteiger partial charge in [-0.2, -0.15) is 0 Å². The van der Waals surface area contributed by atoms with E-state index in [0.717, 1.165) is 18.6 Å². The lowest BCUT2D eigenvalue weighted by molar-refractivity contribution is -0.133. The molecule has 0 bridgehead atoms. The van der Waals surface area contributed by atoms with E-state index >= 15 is 0 Å². The van der Waals surface area contributed by atoms with E-state index in [9.17, 15) is 23.5 Å². The highest BCUT2D eigenvalue weighted by Gasteiger charge is 2.33. The van der Waals surface area contributed by atoms with Crippen LogP contribution in [0.15, 0.2) is 18.2 Å². The number of aliphatic hydroxyl groups excluding tert-OH is 1. The Morgan fingerprint density at radius 2 is 1.96 bits per heavy atom. The first-order chi connectivity index (χ1) is 11.4. The first kappa shape index (κ1) is 18.3. The summed E-state index contributed by atoms with van der Waals surface area (Å²) in [7, 11) is 0. The zero-order valence-corrected chi connectivity index (χ0v) is 13.6. The Morgan fingerprint density at radius 3 is 2.50 bits per heavy atom. The predicted octanol–water partition coefficient (Wildman–Crippen LogP) is 1.71. The van der Waals surface area contributed by atoms with Gasteiger partial charge >= 0.3 is 0 Å². The number of likely N-dealkylation sites (tertiary alicyclic amines) is 1. The molecule has 1 aliphatic rings. The minimum atomic E-state index is -0.964. The van der Waals surface area contributed by atoms with Gasteiger partial charge in [0.2, 0.25) is 5.91 Å². The molecule has 1 aromatic carbocycles. The number of hydrogen-bond donors (Lipinski definition) is 2. The number of halogens is 2. The smallest absolute Gasteiger partial charge is 0.254 e. The Bertz CT molecular complexity index is 608. The van der Waals surface area contributed by atoms with Crippen LogP contribution in [-0.2, 0) is 4.79 Å². The molecule has 24 heavy (non-hydrogen) atoms. The first-order valence-corrected chi connectivity index (χ1v) is 8.02. The van der Waals surface area contributed by atoms with Gasteiger partial charge in [0.05, 0.1) is 12.1 Å². The number of nitrogens with zero attached hydrogens (tertiary/aromatic N) is 1. The van der Waals surface area contributed by atoms with Gasteiger partial charge in [-0.05, 0) is 36.8 Å². The second-order valence-electron chi connectivity index (χ2n) is 6.20. The fraction of sp³-hybridized carbons (Fsp3) is 0.529. The number of carbonyl (C=O) groups is 2. The average molecular weight is 340 g/mol. The van der Waals surface area contributed by atoms with Gasteiger partial charge in [0.1, 0.15) is 11.6 Å². The van der Waals surface area contributed by atoms with Crippen molar-refractivity contribution in [3.05, 3.63) is 35.4 Å². The van der Waals surface area contributed by atoms with Gasteiger partial charge in [-0.3, -0.25) is 9.59 Å². The van der Waals surface area contributed by atoms with Gasteiger partial charge in [-0.1, -0.05) is 6.92 Å². The van der Waals surface area contributed by atoms with Crippen LogP contribution in [0.2, 0.25) is 0 Å². The lowest BCUT2D eigenvalue weighted by Gasteiger charge is -2.40. The number of rotatable bonds is 5. The lowest BCUT2D eigenvalue weighted by Crippen LogP contribution is -2.47. The fourth-order valence-electron chi connectivity index (χ4n) is 2.89. The highest BCUT2D eigenvalue weighted by atomic mass is 19.1. The van der Waals surface area contributed by atoms with Gasteiger partial charge in [0, 0.05) is 25.8 Å². The highest BCUT2D eigenvalue weighted by Crippen LogP contribution is 2.34. The molecule has 5 nitrogen and oxygen atoms in total. The van der Waals surface area contributed by atoms with E-state index in [1.807, 2.05) is 6.92 Å². The molecule has 0 saturated carbocycles. The minimum absolute atomic E-state index is 0.103. The monoisotopic (exact) mass is 340 g/mol. The number of nitrogens with one attached hydrogen (secondary N) is 1. The summed E-state index contributed by atoms with van der Waals surface area (Å²) in [6, 6.07) is 2.66. The van der Waals surface area contributed by atoms with E-state index in [-0.39, 0.29) is 30.0 Å². The van der Waals surface area contributed by atoms with Gasteiger partial charge < -0.3 is 15.3 Å². The van der Waals surface area contributed by atoms with Crippen LogP contribution in [0.25, 0.3) is 0 Å². The summed E-state index contributed by atoms with van der Waals surface area (Å²) in [6.07, 6.45) is 2.28. The van der Waals surface area contributed by atoms with E-state index in [2.05, 4.69) is 5.32 Å². The Balaban J connectivity index is 1.86. The second kappa shape index (κ2) is 7.70. The number of amides is 2. The molecule has 7 heteroatoms. The second-order valence-corrected chi connectivity index (χ2v) is 6.20. The third-order valence-corrected chi connectivity index (χ3v) is 4.84. The van der Waals surface area contributed by atoms with E-state index in [1.165, 1.54) is 0 Å². The molecule has 2 amide bonds. The molecule has 1 aromatic rings. The molecule has 0 spiro atoms. The van der Waals surface area contributed by atoms with Crippen molar-refractivity contribution < 1.29 is 23.5 Å². The SMILES string of the molecule is CCC1(CO)CCN(C(=O)CNC(=O)c2ccc(F)cc2F)CC1. The molecule has 132 valence electrons. The van der Waals surface area contributed by atoms with Crippen molar-refractivity contribution in [3.8, 4) is 0 Å². The predicted molar refractivity (Wildman–Crippen MR) is 84.3 cm³/mol. The minimum Gasteiger partial charge on any atom is -0.396 e. The van der Waals surface area contributed by atoms with Crippen LogP contribution in [-0.4, -0.2) is 48.1 Å². The maximum absolute atomic E-state index is 13.5. The molecule has 1 fully saturated rings. The molecule has 0 atom stereocenters. The topological polar surface area (TPSA) is 69.6 Å². The Labute approximate surface area is 139 Å². The van der Waals surface area contributed by atoms with Crippen LogP contribution in [0, 0.1) is 17.0 Å². The zero-order valence-electron chi connectivity index (χ0n) is 13.6. The number of carbonyl (C=O) groups excluding carboxylic acids is 2. The molecule has 1 saturated heterocycles. The molecule has 0 aromatic heterocycles. The van der Waals surface area contributed by atoms with E-state index in [0.29, 0.717) is 32.0 Å². The maximum Gasteiger partial charge on any atom is 0.254 e. The Morgan fingerprint density at radius 1 is 1.29 bits per heavy atom. The maximum atomic E-state index is 13.5. The Hall–Kier alpha value is -2.02. The van der Waals surface area contributed by atoms with Gasteiger partial charge in [-0.15, -0.1) is 0 Å². The normalized spacial score (nSPS) is 16.8. The third-order valence-electron chi connectivity index (χ3n) is 4.84. The molecule has 0 unspecified atom stereocenters. The van der Waals surface area contributed by atoms with Crippen LogP contribution in [0.4, 0.5) is 8.78 Å². The summed E-state index contributed by atoms with van der Waals surface area (Å²) in [4.78, 5) is 25.7. The quantitative estimate of drug-likeness (QED) is 0.857. The number of hydrogen-bond acceptors (Lipinski definition) is 3. The van der Waals surface area contributed by atoms with Crippen LogP contribution < -0.4 is 5.32 Å². The summed E-state index contributed by atoms with van der Waals surface area (Å²) < 4.78 is 26.4. The molecular weight excluding hydrogens is 318 g/mol. The fourth-order valence-corrected chi connectivity index (χ4v) is 2.89. The van der Waals surface area contributed by atoms with Crippen LogP contribution in [0.5, 0.6) is 0 Å². The molecule has 2 N–H and O–H groups in total. The van der Waals surface area contributed by atoms with Gasteiger partial charge in [0.15, 0.2) is 0 Å². The number of benzene rings is 1. The van der Waals surface area contributed by atoms with Gasteiger partial charge in [-0.25, -0.2) is 8.78 Å². The van der Waals surface area contributed by atoms with Gasteiger partial charge in [0.25, 0.3) is 5.91 Å². The first-order valence-electron chi connectivity index (χ1n) is 8.02. The molecular formula is C17H22F2N2O3. The summed E-state index contributed by atoms with van der Waals surface area (Å²) in [5, 5.41) is 11.9. The number of aliphatic hydroxyl groups is 1. The van der Waals surface area contributed by atoms with Crippen molar-refractivity contribution in [2.24, 2.45) is 5.41 Å². The van der Waals surface area contributed by atoms with E-state index < -0.39 is 17.5 Å². The van der Waals surface area contributed by atoms with Crippen molar-refractivity contribution in [2.75, 3.05) is 26.2 Å². The third kappa shape index (κ3) is 4.08. The van der Waals surface area contributed by atoms with Crippen LogP contribution in [0.1, 0.15) is 36.5 Å². The summed E-state index contributed by atoms with van der Waals surface area (Å²) in [5.41, 5.74) is -0.426. The number of piperidine rings is 1. The van der Waals surface area contributed by atoms with Crippen LogP contribution in [0.3, 0.4) is 0 Å².